The summed E-state index contributed by atoms with van der Waals surface area (Å²) in [6.07, 6.45) is 2.59. The molecule has 1 unspecified atom stereocenters. The van der Waals surface area contributed by atoms with E-state index in [-0.39, 0.29) is 32.9 Å². The Morgan fingerprint density at radius 2 is 1.71 bits per heavy atom. The highest BCUT2D eigenvalue weighted by atomic mass is 32.2. The van der Waals surface area contributed by atoms with Crippen molar-refractivity contribution in [1.29, 1.82) is 0 Å². The van der Waals surface area contributed by atoms with Crippen LogP contribution < -0.4 is 11.2 Å². The Bertz CT molecular complexity index is 1360. The highest BCUT2D eigenvalue weighted by molar-refractivity contribution is 7.91. The van der Waals surface area contributed by atoms with Gasteiger partial charge in [0.2, 0.25) is 0 Å². The van der Waals surface area contributed by atoms with Crippen LogP contribution in [0.5, 0.6) is 0 Å². The summed E-state index contributed by atoms with van der Waals surface area (Å²) in [6.45, 7) is 6.40. The van der Waals surface area contributed by atoms with Crippen molar-refractivity contribution in [1.82, 2.24) is 18.9 Å². The quantitative estimate of drug-likeness (QED) is 0.520. The van der Waals surface area contributed by atoms with Crippen LogP contribution in [0.25, 0.3) is 11.0 Å². The molecule has 0 spiro atoms. The van der Waals surface area contributed by atoms with Crippen molar-refractivity contribution in [2.24, 2.45) is 12.5 Å². The van der Waals surface area contributed by atoms with Crippen LogP contribution in [0.1, 0.15) is 26.3 Å². The lowest BCUT2D eigenvalue weighted by atomic mass is 9.97. The van der Waals surface area contributed by atoms with E-state index < -0.39 is 32.3 Å². The molecule has 31 heavy (non-hydrogen) atoms. The number of fused-ring (bicyclic) bond motifs is 1. The molecule has 0 aliphatic rings. The van der Waals surface area contributed by atoms with E-state index in [4.69, 9.17) is 0 Å². The lowest BCUT2D eigenvalue weighted by Crippen LogP contribution is -2.40. The van der Waals surface area contributed by atoms with Crippen LogP contribution in [0.4, 0.5) is 0 Å². The van der Waals surface area contributed by atoms with Gasteiger partial charge in [0.25, 0.3) is 10.6 Å². The van der Waals surface area contributed by atoms with Crippen LogP contribution in [0.3, 0.4) is 0 Å². The summed E-state index contributed by atoms with van der Waals surface area (Å²) >= 11 is -1.56. The molecule has 2 heterocycles. The molecule has 11 heteroatoms. The van der Waals surface area contributed by atoms with E-state index in [0.717, 1.165) is 10.8 Å². The van der Waals surface area contributed by atoms with Gasteiger partial charge in [-0.05, 0) is 23.1 Å². The molecule has 1 aromatic carbocycles. The largest absolute Gasteiger partial charge is 0.610 e. The van der Waals surface area contributed by atoms with Gasteiger partial charge in [0.1, 0.15) is 6.26 Å². The van der Waals surface area contributed by atoms with Crippen LogP contribution in [0.2, 0.25) is 0 Å². The fraction of sp³-hybridized carbons (Fsp3) is 0.450. The number of hydrogen-bond donors (Lipinski definition) is 0. The molecule has 0 N–H and O–H groups in total. The third-order valence-electron chi connectivity index (χ3n) is 4.77. The molecule has 0 radical (unpaired) electrons. The first-order valence-corrected chi connectivity index (χ1v) is 13.0. The van der Waals surface area contributed by atoms with Gasteiger partial charge in [0.15, 0.2) is 20.9 Å². The Balaban J connectivity index is 2.24. The Morgan fingerprint density at radius 3 is 2.19 bits per heavy atom. The molecule has 0 saturated heterocycles. The molecule has 0 amide bonds. The zero-order chi connectivity index (χ0) is 23.3. The number of nitrogens with zero attached hydrogens (tertiary/aromatic N) is 4. The average Bonchev–Trinajstić information content (AvgIpc) is 3.01. The highest BCUT2D eigenvalue weighted by Gasteiger charge is 2.28. The van der Waals surface area contributed by atoms with Gasteiger partial charge in [-0.15, -0.1) is 5.10 Å². The Kier molecular flexibility index (Phi) is 5.98. The summed E-state index contributed by atoms with van der Waals surface area (Å²) in [5, 5.41) is 4.88. The van der Waals surface area contributed by atoms with Gasteiger partial charge in [0, 0.05) is 31.0 Å². The predicted molar refractivity (Wildman–Crippen MR) is 120 cm³/mol. The second-order valence-corrected chi connectivity index (χ2v) is 12.1. The summed E-state index contributed by atoms with van der Waals surface area (Å²) in [7, 11) is -1.93. The Morgan fingerprint density at radius 1 is 1.13 bits per heavy atom. The SMILES string of the molecule is Cn1c(=O)c2c([S+](C)[O-])n(Cc3ccc(S(C)(=O)=O)cc3)nc2n(CC(C)(C)C)c1=O. The van der Waals surface area contributed by atoms with Gasteiger partial charge in [-0.3, -0.25) is 13.9 Å². The smallest absolute Gasteiger partial charge is 0.332 e. The molecule has 0 aliphatic heterocycles. The lowest BCUT2D eigenvalue weighted by Gasteiger charge is -2.20. The molecule has 0 aliphatic carbocycles. The monoisotopic (exact) mass is 466 g/mol. The minimum atomic E-state index is -3.33. The molecule has 0 saturated carbocycles. The van der Waals surface area contributed by atoms with Gasteiger partial charge in [-0.2, -0.15) is 0 Å². The first-order chi connectivity index (χ1) is 14.2. The Hall–Kier alpha value is -2.37. The molecule has 2 aromatic heterocycles. The number of aromatic nitrogens is 4. The molecular weight excluding hydrogens is 440 g/mol. The van der Waals surface area contributed by atoms with E-state index in [1.54, 1.807) is 12.1 Å². The molecule has 9 nitrogen and oxygen atoms in total. The van der Waals surface area contributed by atoms with E-state index in [0.29, 0.717) is 12.1 Å². The molecule has 0 fully saturated rings. The first-order valence-electron chi connectivity index (χ1n) is 9.53. The third-order valence-corrected chi connectivity index (χ3v) is 6.86. The molecule has 3 aromatic rings. The molecule has 1 atom stereocenters. The normalized spacial score (nSPS) is 13.6. The average molecular weight is 467 g/mol. The minimum absolute atomic E-state index is 0.153. The predicted octanol–water partition coefficient (Wildman–Crippen LogP) is 1.13. The van der Waals surface area contributed by atoms with E-state index in [9.17, 15) is 22.6 Å². The zero-order valence-electron chi connectivity index (χ0n) is 18.4. The van der Waals surface area contributed by atoms with Crippen molar-refractivity contribution in [2.45, 2.75) is 43.8 Å². The van der Waals surface area contributed by atoms with Crippen molar-refractivity contribution in [3.8, 4) is 0 Å². The topological polar surface area (TPSA) is 119 Å². The fourth-order valence-corrected chi connectivity index (χ4v) is 4.87. The maximum absolute atomic E-state index is 12.9. The second-order valence-electron chi connectivity index (χ2n) is 8.83. The summed E-state index contributed by atoms with van der Waals surface area (Å²) in [5.41, 5.74) is -0.378. The van der Waals surface area contributed by atoms with E-state index in [2.05, 4.69) is 5.10 Å². The molecule has 0 bridgehead atoms. The van der Waals surface area contributed by atoms with Crippen LogP contribution >= 0.6 is 0 Å². The zero-order valence-corrected chi connectivity index (χ0v) is 20.0. The maximum atomic E-state index is 12.9. The van der Waals surface area contributed by atoms with Crippen molar-refractivity contribution in [3.63, 3.8) is 0 Å². The minimum Gasteiger partial charge on any atom is -0.610 e. The first kappa shape index (κ1) is 23.3. The van der Waals surface area contributed by atoms with Crippen LogP contribution in [-0.4, -0.2) is 44.4 Å². The van der Waals surface area contributed by atoms with Crippen molar-refractivity contribution in [2.75, 3.05) is 12.5 Å². The fourth-order valence-electron chi connectivity index (χ4n) is 3.37. The number of rotatable bonds is 5. The number of sulfone groups is 1. The van der Waals surface area contributed by atoms with Crippen molar-refractivity contribution >= 4 is 32.0 Å². The summed E-state index contributed by atoms with van der Waals surface area (Å²) in [5.74, 6) is 0. The van der Waals surface area contributed by atoms with E-state index in [1.807, 2.05) is 20.8 Å². The van der Waals surface area contributed by atoms with Crippen LogP contribution in [-0.2, 0) is 41.2 Å². The summed E-state index contributed by atoms with van der Waals surface area (Å²) in [6, 6.07) is 6.27. The van der Waals surface area contributed by atoms with E-state index >= 15 is 0 Å². The van der Waals surface area contributed by atoms with Crippen molar-refractivity contribution < 1.29 is 13.0 Å². The number of benzene rings is 1. The molecule has 3 rings (SSSR count). The standard InChI is InChI=1S/C20H26N4O5S2/c1-20(2,3)12-23-16-15(17(25)22(4)19(23)26)18(30(5)27)24(21-16)11-13-7-9-14(10-8-13)31(6,28)29/h7-10H,11-12H2,1-6H3. The lowest BCUT2D eigenvalue weighted by molar-refractivity contribution is 0.337. The third kappa shape index (κ3) is 4.63. The maximum Gasteiger partial charge on any atom is 0.332 e. The van der Waals surface area contributed by atoms with E-state index in [1.165, 1.54) is 34.7 Å². The second kappa shape index (κ2) is 7.95. The van der Waals surface area contributed by atoms with Gasteiger partial charge >= 0.3 is 5.69 Å². The van der Waals surface area contributed by atoms with Crippen LogP contribution in [0, 0.1) is 5.41 Å². The summed E-state index contributed by atoms with van der Waals surface area (Å²) < 4.78 is 39.9. The molecule has 168 valence electrons. The van der Waals surface area contributed by atoms with Gasteiger partial charge in [0.05, 0.1) is 11.4 Å². The van der Waals surface area contributed by atoms with Crippen LogP contribution in [0.15, 0.2) is 43.8 Å². The highest BCUT2D eigenvalue weighted by Crippen LogP contribution is 2.23. The van der Waals surface area contributed by atoms with Gasteiger partial charge in [-0.25, -0.2) is 17.9 Å². The summed E-state index contributed by atoms with van der Waals surface area (Å²) in [4.78, 5) is 25.9. The van der Waals surface area contributed by atoms with Gasteiger partial charge in [-0.1, -0.05) is 32.9 Å². The number of hydrogen-bond acceptors (Lipinski definition) is 6. The van der Waals surface area contributed by atoms with Gasteiger partial charge < -0.3 is 4.55 Å². The molecular formula is C20H26N4O5S2. The Labute approximate surface area is 183 Å². The van der Waals surface area contributed by atoms with Crippen molar-refractivity contribution in [3.05, 3.63) is 50.7 Å².